The van der Waals surface area contributed by atoms with Crippen LogP contribution >= 0.6 is 43.6 Å². The second-order valence-corrected chi connectivity index (χ2v) is 7.50. The van der Waals surface area contributed by atoms with E-state index in [1.54, 1.807) is 0 Å². The molecule has 0 aliphatic carbocycles. The maximum absolute atomic E-state index is 10.9. The summed E-state index contributed by atoms with van der Waals surface area (Å²) >= 11 is 7.98. The maximum atomic E-state index is 10.9. The van der Waals surface area contributed by atoms with Crippen LogP contribution in [-0.4, -0.2) is 15.1 Å². The monoisotopic (exact) mass is 469 g/mol. The highest BCUT2D eigenvalue weighted by Gasteiger charge is 2.12. The third-order valence-corrected chi connectivity index (χ3v) is 4.89. The maximum Gasteiger partial charge on any atom is 0.277 e. The van der Waals surface area contributed by atoms with Crippen molar-refractivity contribution in [3.8, 4) is 11.5 Å². The molecule has 2 aromatic carbocycles. The molecule has 1 aromatic heterocycles. The van der Waals surface area contributed by atoms with Crippen LogP contribution in [0.5, 0.6) is 0 Å². The first kappa shape index (κ1) is 17.1. The smallest absolute Gasteiger partial charge is 0.277 e. The quantitative estimate of drug-likeness (QED) is 0.279. The summed E-state index contributed by atoms with van der Waals surface area (Å²) in [5.74, 6) is 0.924. The predicted molar refractivity (Wildman–Crippen MR) is 97.8 cm³/mol. The number of aromatic nitrogens is 2. The Labute approximate surface area is 158 Å². The van der Waals surface area contributed by atoms with Gasteiger partial charge in [0.05, 0.1) is 4.92 Å². The van der Waals surface area contributed by atoms with E-state index in [9.17, 15) is 10.1 Å². The normalized spacial score (nSPS) is 10.8. The first-order valence-electron chi connectivity index (χ1n) is 6.67. The van der Waals surface area contributed by atoms with E-state index in [1.165, 1.54) is 23.9 Å². The molecule has 0 amide bonds. The summed E-state index contributed by atoms with van der Waals surface area (Å²) in [5.41, 5.74) is 1.67. The number of thioether (sulfide) groups is 1. The molecule has 0 aliphatic rings. The van der Waals surface area contributed by atoms with Gasteiger partial charge in [-0.25, -0.2) is 0 Å². The molecule has 0 fully saturated rings. The molecule has 0 saturated heterocycles. The van der Waals surface area contributed by atoms with E-state index in [0.29, 0.717) is 21.3 Å². The Hall–Kier alpha value is -1.71. The summed E-state index contributed by atoms with van der Waals surface area (Å²) in [6, 6.07) is 12.4. The van der Waals surface area contributed by atoms with E-state index in [2.05, 4.69) is 42.1 Å². The van der Waals surface area contributed by atoms with Crippen molar-refractivity contribution in [1.82, 2.24) is 10.2 Å². The molecule has 122 valence electrons. The zero-order valence-electron chi connectivity index (χ0n) is 12.0. The predicted octanol–water partition coefficient (Wildman–Crippen LogP) is 5.46. The van der Waals surface area contributed by atoms with Crippen molar-refractivity contribution in [2.75, 3.05) is 0 Å². The van der Waals surface area contributed by atoms with Crippen LogP contribution in [0.25, 0.3) is 11.5 Å². The largest absolute Gasteiger partial charge is 0.411 e. The molecule has 24 heavy (non-hydrogen) atoms. The lowest BCUT2D eigenvalue weighted by Gasteiger charge is -2.00. The van der Waals surface area contributed by atoms with Crippen molar-refractivity contribution < 1.29 is 9.34 Å². The standard InChI is InChI=1S/C15H9Br2N3O3S/c16-11-3-1-10(2-4-11)14-18-19-15(23-14)24-8-9-5-12(17)7-13(6-9)20(21)22/h1-7H,8H2. The van der Waals surface area contributed by atoms with Crippen LogP contribution in [0.3, 0.4) is 0 Å². The number of benzene rings is 2. The fourth-order valence-corrected chi connectivity index (χ4v) is 3.43. The minimum atomic E-state index is -0.419. The van der Waals surface area contributed by atoms with Crippen LogP contribution in [-0.2, 0) is 5.75 Å². The van der Waals surface area contributed by atoms with Gasteiger partial charge >= 0.3 is 0 Å². The molecule has 3 rings (SSSR count). The molecule has 9 heteroatoms. The van der Waals surface area contributed by atoms with Gasteiger partial charge in [-0.1, -0.05) is 43.6 Å². The van der Waals surface area contributed by atoms with E-state index in [1.807, 2.05) is 30.3 Å². The van der Waals surface area contributed by atoms with Crippen LogP contribution in [0.4, 0.5) is 5.69 Å². The summed E-state index contributed by atoms with van der Waals surface area (Å²) in [6.07, 6.45) is 0. The van der Waals surface area contributed by atoms with Crippen molar-refractivity contribution in [2.24, 2.45) is 0 Å². The minimum absolute atomic E-state index is 0.0426. The summed E-state index contributed by atoms with van der Waals surface area (Å²) in [7, 11) is 0. The summed E-state index contributed by atoms with van der Waals surface area (Å²) in [4.78, 5) is 10.5. The number of hydrogen-bond donors (Lipinski definition) is 0. The van der Waals surface area contributed by atoms with E-state index in [0.717, 1.165) is 15.6 Å². The van der Waals surface area contributed by atoms with E-state index < -0.39 is 4.92 Å². The van der Waals surface area contributed by atoms with Gasteiger partial charge in [0, 0.05) is 32.4 Å². The van der Waals surface area contributed by atoms with Gasteiger partial charge in [-0.15, -0.1) is 10.2 Å². The Morgan fingerprint density at radius 2 is 1.83 bits per heavy atom. The number of rotatable bonds is 5. The topological polar surface area (TPSA) is 82.1 Å². The molecule has 0 saturated carbocycles. The number of nitrogens with zero attached hydrogens (tertiary/aromatic N) is 3. The molecule has 0 N–H and O–H groups in total. The molecular formula is C15H9Br2N3O3S. The highest BCUT2D eigenvalue weighted by molar-refractivity contribution is 9.10. The first-order valence-corrected chi connectivity index (χ1v) is 9.24. The average molecular weight is 471 g/mol. The number of non-ortho nitro benzene ring substituents is 1. The first-order chi connectivity index (χ1) is 11.5. The Bertz CT molecular complexity index is 884. The zero-order chi connectivity index (χ0) is 17.1. The Morgan fingerprint density at radius 1 is 1.08 bits per heavy atom. The van der Waals surface area contributed by atoms with Gasteiger partial charge in [0.2, 0.25) is 5.89 Å². The van der Waals surface area contributed by atoms with Crippen LogP contribution in [0, 0.1) is 10.1 Å². The van der Waals surface area contributed by atoms with Gasteiger partial charge in [0.15, 0.2) is 0 Å². The molecule has 0 aliphatic heterocycles. The molecule has 0 unspecified atom stereocenters. The number of hydrogen-bond acceptors (Lipinski definition) is 6. The Kier molecular flexibility index (Phi) is 5.32. The Balaban J connectivity index is 1.72. The number of halogens is 2. The van der Waals surface area contributed by atoms with E-state index in [4.69, 9.17) is 4.42 Å². The van der Waals surface area contributed by atoms with Crippen LogP contribution in [0.2, 0.25) is 0 Å². The molecule has 0 radical (unpaired) electrons. The molecule has 0 spiro atoms. The van der Waals surface area contributed by atoms with Crippen molar-refractivity contribution >= 4 is 49.3 Å². The fourth-order valence-electron chi connectivity index (χ4n) is 1.94. The molecule has 6 nitrogen and oxygen atoms in total. The molecule has 1 heterocycles. The summed E-state index contributed by atoms with van der Waals surface area (Å²) in [5, 5.41) is 19.3. The van der Waals surface area contributed by atoms with Crippen molar-refractivity contribution in [3.63, 3.8) is 0 Å². The molecular weight excluding hydrogens is 462 g/mol. The lowest BCUT2D eigenvalue weighted by molar-refractivity contribution is -0.385. The second-order valence-electron chi connectivity index (χ2n) is 4.74. The van der Waals surface area contributed by atoms with Crippen LogP contribution in [0.15, 0.2) is 61.0 Å². The van der Waals surface area contributed by atoms with Crippen molar-refractivity contribution in [1.29, 1.82) is 0 Å². The summed E-state index contributed by atoms with van der Waals surface area (Å²) < 4.78 is 7.25. The average Bonchev–Trinajstić information content (AvgIpc) is 3.02. The van der Waals surface area contributed by atoms with Gasteiger partial charge in [0.1, 0.15) is 0 Å². The third-order valence-electron chi connectivity index (χ3n) is 3.01. The number of nitro groups is 1. The highest BCUT2D eigenvalue weighted by atomic mass is 79.9. The van der Waals surface area contributed by atoms with Gasteiger partial charge in [-0.2, -0.15) is 0 Å². The lowest BCUT2D eigenvalue weighted by atomic mass is 10.2. The van der Waals surface area contributed by atoms with Gasteiger partial charge in [-0.05, 0) is 35.9 Å². The van der Waals surface area contributed by atoms with Gasteiger partial charge in [0.25, 0.3) is 10.9 Å². The van der Waals surface area contributed by atoms with Crippen LogP contribution < -0.4 is 0 Å². The third kappa shape index (κ3) is 4.22. The van der Waals surface area contributed by atoms with Crippen LogP contribution in [0.1, 0.15) is 5.56 Å². The molecule has 3 aromatic rings. The second kappa shape index (κ2) is 7.45. The van der Waals surface area contributed by atoms with Gasteiger partial charge < -0.3 is 4.42 Å². The van der Waals surface area contributed by atoms with Crippen molar-refractivity contribution in [3.05, 3.63) is 67.1 Å². The fraction of sp³-hybridized carbons (Fsp3) is 0.0667. The van der Waals surface area contributed by atoms with Gasteiger partial charge in [-0.3, -0.25) is 10.1 Å². The lowest BCUT2D eigenvalue weighted by Crippen LogP contribution is -1.90. The SMILES string of the molecule is O=[N+]([O-])c1cc(Br)cc(CSc2nnc(-c3ccc(Br)cc3)o2)c1. The van der Waals surface area contributed by atoms with Crippen molar-refractivity contribution in [2.45, 2.75) is 11.0 Å². The molecule has 0 atom stereocenters. The molecule has 0 bridgehead atoms. The zero-order valence-corrected chi connectivity index (χ0v) is 16.0. The van der Waals surface area contributed by atoms with E-state index in [-0.39, 0.29) is 5.69 Å². The summed E-state index contributed by atoms with van der Waals surface area (Å²) in [6.45, 7) is 0. The minimum Gasteiger partial charge on any atom is -0.411 e. The van der Waals surface area contributed by atoms with E-state index >= 15 is 0 Å². The number of nitro benzene ring substituents is 1. The Morgan fingerprint density at radius 3 is 2.54 bits per heavy atom. The highest BCUT2D eigenvalue weighted by Crippen LogP contribution is 2.29.